The molecule has 0 bridgehead atoms. The van der Waals surface area contributed by atoms with Crippen LogP contribution in [-0.4, -0.2) is 27.3 Å². The summed E-state index contributed by atoms with van der Waals surface area (Å²) in [4.78, 5) is 11.4. The summed E-state index contributed by atoms with van der Waals surface area (Å²) >= 11 is 4.01. The topological polar surface area (TPSA) is 34.1 Å². The average Bonchev–Trinajstić information content (AvgIpc) is 2.05. The van der Waals surface area contributed by atoms with Crippen LogP contribution in [0, 0.1) is 5.92 Å². The van der Waals surface area contributed by atoms with E-state index in [0.29, 0.717) is 17.9 Å². The lowest BCUT2D eigenvalue weighted by molar-refractivity contribution is -0.122. The molecule has 0 N–H and O–H groups in total. The first-order chi connectivity index (χ1) is 5.74. The highest BCUT2D eigenvalue weighted by molar-refractivity contribution is 7.85. The van der Waals surface area contributed by atoms with Crippen molar-refractivity contribution >= 4 is 29.2 Å². The molecule has 2 atom stereocenters. The molecule has 0 aromatic heterocycles. The molecule has 1 saturated heterocycles. The van der Waals surface area contributed by atoms with Crippen LogP contribution in [0.4, 0.5) is 0 Å². The summed E-state index contributed by atoms with van der Waals surface area (Å²) in [5.41, 5.74) is 0. The zero-order valence-corrected chi connectivity index (χ0v) is 8.70. The van der Waals surface area contributed by atoms with E-state index in [0.717, 1.165) is 18.6 Å². The molecule has 0 radical (unpaired) electrons. The van der Waals surface area contributed by atoms with Crippen molar-refractivity contribution in [1.29, 1.82) is 0 Å². The van der Waals surface area contributed by atoms with E-state index in [-0.39, 0.29) is 11.7 Å². The molecule has 2 nitrogen and oxygen atoms in total. The molecule has 0 aromatic rings. The number of hydrogen-bond donors (Lipinski definition) is 1. The number of Topliss-reactive ketones (excluding diaryl/α,β-unsaturated/α-hetero) is 1. The highest BCUT2D eigenvalue weighted by Crippen LogP contribution is 2.18. The molecule has 1 fully saturated rings. The van der Waals surface area contributed by atoms with Crippen LogP contribution in [0.5, 0.6) is 0 Å². The Labute approximate surface area is 81.0 Å². The molecule has 0 amide bonds. The third-order valence-electron chi connectivity index (χ3n) is 2.13. The molecule has 1 rings (SSSR count). The summed E-state index contributed by atoms with van der Waals surface area (Å²) in [6, 6.07) is 0. The zero-order valence-electron chi connectivity index (χ0n) is 6.99. The maximum Gasteiger partial charge on any atom is 0.137 e. The molecule has 1 aliphatic heterocycles. The van der Waals surface area contributed by atoms with Gasteiger partial charge in [-0.05, 0) is 18.6 Å². The molecule has 2 unspecified atom stereocenters. The molecular formula is C8H14O2S2. The number of rotatable bonds is 3. The Morgan fingerprint density at radius 1 is 1.58 bits per heavy atom. The van der Waals surface area contributed by atoms with Gasteiger partial charge in [0, 0.05) is 34.6 Å². The van der Waals surface area contributed by atoms with Gasteiger partial charge in [0.2, 0.25) is 0 Å². The molecule has 1 heterocycles. The molecule has 0 aromatic carbocycles. The summed E-state index contributed by atoms with van der Waals surface area (Å²) in [6.45, 7) is 0. The molecule has 12 heavy (non-hydrogen) atoms. The summed E-state index contributed by atoms with van der Waals surface area (Å²) in [7, 11) is -0.740. The van der Waals surface area contributed by atoms with Crippen molar-refractivity contribution in [3.8, 4) is 0 Å². The minimum absolute atomic E-state index is 0.0618. The van der Waals surface area contributed by atoms with Crippen molar-refractivity contribution in [2.75, 3.05) is 17.3 Å². The van der Waals surface area contributed by atoms with E-state index in [1.807, 2.05) is 0 Å². The van der Waals surface area contributed by atoms with Crippen LogP contribution in [-0.2, 0) is 15.6 Å². The number of carbonyl (C=O) groups is 1. The van der Waals surface area contributed by atoms with Crippen molar-refractivity contribution in [3.05, 3.63) is 0 Å². The van der Waals surface area contributed by atoms with Gasteiger partial charge in [0.25, 0.3) is 0 Å². The van der Waals surface area contributed by atoms with Crippen LogP contribution < -0.4 is 0 Å². The van der Waals surface area contributed by atoms with Crippen LogP contribution in [0.2, 0.25) is 0 Å². The van der Waals surface area contributed by atoms with E-state index < -0.39 is 10.8 Å². The van der Waals surface area contributed by atoms with Gasteiger partial charge in [-0.25, -0.2) is 0 Å². The third kappa shape index (κ3) is 2.90. The van der Waals surface area contributed by atoms with Gasteiger partial charge >= 0.3 is 0 Å². The summed E-state index contributed by atoms with van der Waals surface area (Å²) in [6.07, 6.45) is 2.40. The first-order valence-electron chi connectivity index (χ1n) is 4.22. The maximum atomic E-state index is 11.4. The van der Waals surface area contributed by atoms with Crippen LogP contribution >= 0.6 is 12.6 Å². The van der Waals surface area contributed by atoms with Gasteiger partial charge in [-0.2, -0.15) is 12.6 Å². The lowest BCUT2D eigenvalue weighted by Crippen LogP contribution is -2.27. The fourth-order valence-corrected chi connectivity index (χ4v) is 3.13. The van der Waals surface area contributed by atoms with Crippen LogP contribution in [0.15, 0.2) is 0 Å². The lowest BCUT2D eigenvalue weighted by atomic mass is 9.99. The molecule has 70 valence electrons. The predicted molar refractivity (Wildman–Crippen MR) is 54.1 cm³/mol. The van der Waals surface area contributed by atoms with Crippen molar-refractivity contribution in [2.45, 2.75) is 19.3 Å². The van der Waals surface area contributed by atoms with E-state index in [1.54, 1.807) is 0 Å². The maximum absolute atomic E-state index is 11.4. The number of thiol groups is 1. The van der Waals surface area contributed by atoms with Crippen LogP contribution in [0.1, 0.15) is 19.3 Å². The fraction of sp³-hybridized carbons (Fsp3) is 0.875. The van der Waals surface area contributed by atoms with Crippen LogP contribution in [0.3, 0.4) is 0 Å². The van der Waals surface area contributed by atoms with Crippen molar-refractivity contribution in [1.82, 2.24) is 0 Å². The Hall–Kier alpha value is 0.170. The van der Waals surface area contributed by atoms with Gasteiger partial charge in [-0.1, -0.05) is 0 Å². The standard InChI is InChI=1S/C8H14O2S2/c9-8(3-4-11)7-2-1-5-12(10)6-7/h7,11H,1-6H2. The highest BCUT2D eigenvalue weighted by atomic mass is 32.2. The van der Waals surface area contributed by atoms with E-state index >= 15 is 0 Å². The Morgan fingerprint density at radius 3 is 2.92 bits per heavy atom. The second kappa shape index (κ2) is 5.02. The Morgan fingerprint density at radius 2 is 2.33 bits per heavy atom. The molecule has 0 aliphatic carbocycles. The van der Waals surface area contributed by atoms with E-state index in [1.165, 1.54) is 0 Å². The summed E-state index contributed by atoms with van der Waals surface area (Å²) < 4.78 is 11.1. The molecule has 0 saturated carbocycles. The Kier molecular flexibility index (Phi) is 4.29. The minimum Gasteiger partial charge on any atom is -0.299 e. The molecular weight excluding hydrogens is 192 g/mol. The van der Waals surface area contributed by atoms with Crippen LogP contribution in [0.25, 0.3) is 0 Å². The number of ketones is 1. The zero-order chi connectivity index (χ0) is 8.97. The fourth-order valence-electron chi connectivity index (χ4n) is 1.45. The van der Waals surface area contributed by atoms with Gasteiger partial charge < -0.3 is 0 Å². The van der Waals surface area contributed by atoms with Crippen molar-refractivity contribution < 1.29 is 9.00 Å². The second-order valence-electron chi connectivity index (χ2n) is 3.09. The second-order valence-corrected chi connectivity index (χ2v) is 5.16. The first-order valence-corrected chi connectivity index (χ1v) is 6.34. The Balaban J connectivity index is 2.40. The first kappa shape index (κ1) is 10.3. The number of hydrogen-bond acceptors (Lipinski definition) is 3. The quantitative estimate of drug-likeness (QED) is 0.700. The van der Waals surface area contributed by atoms with Gasteiger partial charge in [-0.15, -0.1) is 0 Å². The largest absolute Gasteiger partial charge is 0.299 e. The summed E-state index contributed by atoms with van der Waals surface area (Å²) in [5, 5.41) is 0. The van der Waals surface area contributed by atoms with Crippen molar-refractivity contribution in [2.24, 2.45) is 5.92 Å². The molecule has 1 aliphatic rings. The van der Waals surface area contributed by atoms with E-state index in [2.05, 4.69) is 12.6 Å². The average molecular weight is 206 g/mol. The predicted octanol–water partition coefficient (Wildman–Crippen LogP) is 1.03. The SMILES string of the molecule is O=C(CCS)C1CCCS(=O)C1. The molecule has 0 spiro atoms. The Bertz CT molecular complexity index is 191. The minimum atomic E-state index is -0.740. The monoisotopic (exact) mass is 206 g/mol. The lowest BCUT2D eigenvalue weighted by Gasteiger charge is -2.19. The molecule has 4 heteroatoms. The smallest absolute Gasteiger partial charge is 0.137 e. The van der Waals surface area contributed by atoms with E-state index in [4.69, 9.17) is 0 Å². The van der Waals surface area contributed by atoms with Gasteiger partial charge in [0.15, 0.2) is 0 Å². The third-order valence-corrected chi connectivity index (χ3v) is 3.87. The van der Waals surface area contributed by atoms with Gasteiger partial charge in [0.1, 0.15) is 5.78 Å². The van der Waals surface area contributed by atoms with Gasteiger partial charge in [0.05, 0.1) is 0 Å². The highest BCUT2D eigenvalue weighted by Gasteiger charge is 2.23. The number of carbonyl (C=O) groups excluding carboxylic acids is 1. The van der Waals surface area contributed by atoms with E-state index in [9.17, 15) is 9.00 Å². The van der Waals surface area contributed by atoms with Crippen molar-refractivity contribution in [3.63, 3.8) is 0 Å². The normalized spacial score (nSPS) is 30.1. The van der Waals surface area contributed by atoms with Gasteiger partial charge in [-0.3, -0.25) is 9.00 Å². The summed E-state index contributed by atoms with van der Waals surface area (Å²) in [5.74, 6) is 2.30.